The summed E-state index contributed by atoms with van der Waals surface area (Å²) in [5, 5.41) is 10.9. The van der Waals surface area contributed by atoms with Crippen LogP contribution in [0.15, 0.2) is 66.9 Å². The third kappa shape index (κ3) is 6.30. The Hall–Kier alpha value is -4.04. The van der Waals surface area contributed by atoms with E-state index in [1.165, 1.54) is 0 Å². The molecule has 1 amide bonds. The molecule has 0 radical (unpaired) electrons. The fourth-order valence-electron chi connectivity index (χ4n) is 3.84. The van der Waals surface area contributed by atoms with Crippen LogP contribution in [-0.4, -0.2) is 53.4 Å². The average molecular weight is 471 g/mol. The number of aromatic nitrogens is 4. The molecule has 2 aromatic carbocycles. The van der Waals surface area contributed by atoms with Gasteiger partial charge in [-0.15, -0.1) is 10.2 Å². The first-order valence-corrected chi connectivity index (χ1v) is 11.6. The highest BCUT2D eigenvalue weighted by Gasteiger charge is 2.14. The second kappa shape index (κ2) is 11.4. The molecule has 0 saturated heterocycles. The zero-order chi connectivity index (χ0) is 24.6. The number of aryl methyl sites for hydroxylation is 1. The summed E-state index contributed by atoms with van der Waals surface area (Å²) in [5.41, 5.74) is 5.41. The second-order valence-electron chi connectivity index (χ2n) is 8.43. The van der Waals surface area contributed by atoms with Gasteiger partial charge in [-0.3, -0.25) is 4.79 Å². The van der Waals surface area contributed by atoms with Crippen LogP contribution in [0.4, 0.5) is 11.5 Å². The highest BCUT2D eigenvalue weighted by molar-refractivity contribution is 6.01. The van der Waals surface area contributed by atoms with Crippen LogP contribution in [0.1, 0.15) is 34.0 Å². The lowest BCUT2D eigenvalue weighted by molar-refractivity contribution is 0.101. The Kier molecular flexibility index (Phi) is 7.84. The number of methoxy groups -OCH3 is 1. The fourth-order valence-corrected chi connectivity index (χ4v) is 3.84. The summed E-state index contributed by atoms with van der Waals surface area (Å²) >= 11 is 0. The summed E-state index contributed by atoms with van der Waals surface area (Å²) in [5.74, 6) is 0.848. The standard InChI is InChI=1S/C27H30N6O2/c1-19-10-11-22(33(2)14-7-15-35-3)18-23(19)21-12-13-28-24(17-21)30-27(34)26-29-25(31-32-26)16-20-8-5-4-6-9-20/h4-6,8-13,17-18H,7,14-16H2,1-3H3,(H,28,30,34)(H,29,31,32). The molecule has 180 valence electrons. The molecule has 0 bridgehead atoms. The largest absolute Gasteiger partial charge is 0.385 e. The molecule has 0 fully saturated rings. The van der Waals surface area contributed by atoms with Gasteiger partial charge in [0, 0.05) is 45.6 Å². The number of rotatable bonds is 10. The van der Waals surface area contributed by atoms with E-state index in [-0.39, 0.29) is 11.7 Å². The molecule has 0 unspecified atom stereocenters. The molecular weight excluding hydrogens is 440 g/mol. The average Bonchev–Trinajstić information content (AvgIpc) is 3.34. The first-order chi connectivity index (χ1) is 17.0. The lowest BCUT2D eigenvalue weighted by Crippen LogP contribution is -2.19. The molecule has 0 aliphatic carbocycles. The van der Waals surface area contributed by atoms with Crippen LogP contribution in [0.3, 0.4) is 0 Å². The van der Waals surface area contributed by atoms with E-state index in [1.54, 1.807) is 13.3 Å². The van der Waals surface area contributed by atoms with Crippen molar-refractivity contribution in [2.75, 3.05) is 37.5 Å². The van der Waals surface area contributed by atoms with E-state index in [0.717, 1.165) is 47.5 Å². The molecule has 35 heavy (non-hydrogen) atoms. The van der Waals surface area contributed by atoms with E-state index < -0.39 is 0 Å². The van der Waals surface area contributed by atoms with Gasteiger partial charge >= 0.3 is 0 Å². The van der Waals surface area contributed by atoms with E-state index >= 15 is 0 Å². The maximum Gasteiger partial charge on any atom is 0.294 e. The van der Waals surface area contributed by atoms with Gasteiger partial charge < -0.3 is 19.9 Å². The third-order valence-corrected chi connectivity index (χ3v) is 5.78. The first-order valence-electron chi connectivity index (χ1n) is 11.6. The van der Waals surface area contributed by atoms with Crippen molar-refractivity contribution in [2.24, 2.45) is 0 Å². The molecule has 4 aromatic rings. The normalized spacial score (nSPS) is 10.8. The van der Waals surface area contributed by atoms with E-state index in [9.17, 15) is 4.79 Å². The number of aromatic amines is 1. The van der Waals surface area contributed by atoms with Gasteiger partial charge in [0.2, 0.25) is 5.82 Å². The molecule has 0 aliphatic rings. The first kappa shape index (κ1) is 24.1. The molecule has 0 spiro atoms. The number of ether oxygens (including phenoxy) is 1. The van der Waals surface area contributed by atoms with Crippen LogP contribution in [0.5, 0.6) is 0 Å². The number of carbonyl (C=O) groups excluding carboxylic acids is 1. The van der Waals surface area contributed by atoms with Crippen molar-refractivity contribution in [1.29, 1.82) is 0 Å². The summed E-state index contributed by atoms with van der Waals surface area (Å²) < 4.78 is 5.17. The lowest BCUT2D eigenvalue weighted by Gasteiger charge is -2.21. The predicted octanol–water partition coefficient (Wildman–Crippen LogP) is 4.49. The summed E-state index contributed by atoms with van der Waals surface area (Å²) in [6.07, 6.45) is 3.22. The minimum Gasteiger partial charge on any atom is -0.385 e. The second-order valence-corrected chi connectivity index (χ2v) is 8.43. The Morgan fingerprint density at radius 2 is 1.91 bits per heavy atom. The van der Waals surface area contributed by atoms with Crippen molar-refractivity contribution in [1.82, 2.24) is 20.2 Å². The Morgan fingerprint density at radius 1 is 1.09 bits per heavy atom. The van der Waals surface area contributed by atoms with Crippen LogP contribution in [0.25, 0.3) is 11.1 Å². The zero-order valence-corrected chi connectivity index (χ0v) is 20.3. The number of hydrogen-bond acceptors (Lipinski definition) is 6. The van der Waals surface area contributed by atoms with Gasteiger partial charge in [0.1, 0.15) is 11.6 Å². The number of H-pyrrole nitrogens is 1. The van der Waals surface area contributed by atoms with E-state index in [4.69, 9.17) is 4.74 Å². The Morgan fingerprint density at radius 3 is 2.71 bits per heavy atom. The van der Waals surface area contributed by atoms with Crippen LogP contribution in [0, 0.1) is 6.92 Å². The fraction of sp³-hybridized carbons (Fsp3) is 0.259. The SMILES string of the molecule is COCCCN(C)c1ccc(C)c(-c2ccnc(NC(=O)c3nnc(Cc4ccccc4)[nH]3)c2)c1. The third-order valence-electron chi connectivity index (χ3n) is 5.78. The maximum absolute atomic E-state index is 12.8. The van der Waals surface area contributed by atoms with Gasteiger partial charge in [-0.05, 0) is 59.9 Å². The van der Waals surface area contributed by atoms with Crippen molar-refractivity contribution in [3.8, 4) is 11.1 Å². The minimum absolute atomic E-state index is 0.152. The van der Waals surface area contributed by atoms with Crippen molar-refractivity contribution < 1.29 is 9.53 Å². The monoisotopic (exact) mass is 470 g/mol. The quantitative estimate of drug-likeness (QED) is 0.332. The van der Waals surface area contributed by atoms with E-state index in [0.29, 0.717) is 18.1 Å². The van der Waals surface area contributed by atoms with Gasteiger partial charge in [0.05, 0.1) is 0 Å². The zero-order valence-electron chi connectivity index (χ0n) is 20.3. The summed E-state index contributed by atoms with van der Waals surface area (Å²) in [6, 6.07) is 20.1. The number of nitrogens with one attached hydrogen (secondary N) is 2. The van der Waals surface area contributed by atoms with Gasteiger partial charge in [0.15, 0.2) is 0 Å². The molecule has 2 N–H and O–H groups in total. The summed E-state index contributed by atoms with van der Waals surface area (Å²) in [4.78, 5) is 22.3. The molecule has 8 nitrogen and oxygen atoms in total. The van der Waals surface area contributed by atoms with Gasteiger partial charge in [-0.25, -0.2) is 4.98 Å². The molecule has 0 atom stereocenters. The summed E-state index contributed by atoms with van der Waals surface area (Å²) in [7, 11) is 3.79. The number of nitrogens with zero attached hydrogens (tertiary/aromatic N) is 4. The summed E-state index contributed by atoms with van der Waals surface area (Å²) in [6.45, 7) is 3.71. The van der Waals surface area contributed by atoms with Gasteiger partial charge in [-0.1, -0.05) is 36.4 Å². The van der Waals surface area contributed by atoms with Crippen LogP contribution < -0.4 is 10.2 Å². The van der Waals surface area contributed by atoms with E-state index in [1.807, 2.05) is 42.5 Å². The molecule has 0 aliphatic heterocycles. The van der Waals surface area contributed by atoms with Crippen molar-refractivity contribution in [3.05, 3.63) is 89.6 Å². The molecule has 4 rings (SSSR count). The number of amides is 1. The minimum atomic E-state index is -0.384. The lowest BCUT2D eigenvalue weighted by atomic mass is 10.0. The predicted molar refractivity (Wildman–Crippen MR) is 138 cm³/mol. The highest BCUT2D eigenvalue weighted by Crippen LogP contribution is 2.29. The Bertz CT molecular complexity index is 1270. The van der Waals surface area contributed by atoms with Crippen LogP contribution >= 0.6 is 0 Å². The topological polar surface area (TPSA) is 96.0 Å². The molecule has 2 aromatic heterocycles. The number of benzene rings is 2. The number of hydrogen-bond donors (Lipinski definition) is 2. The van der Waals surface area contributed by atoms with Crippen LogP contribution in [-0.2, 0) is 11.2 Å². The molecular formula is C27H30N6O2. The van der Waals surface area contributed by atoms with E-state index in [2.05, 4.69) is 62.6 Å². The highest BCUT2D eigenvalue weighted by atomic mass is 16.5. The van der Waals surface area contributed by atoms with Crippen LogP contribution in [0.2, 0.25) is 0 Å². The van der Waals surface area contributed by atoms with Gasteiger partial charge in [-0.2, -0.15) is 0 Å². The number of pyridine rings is 1. The van der Waals surface area contributed by atoms with Crippen molar-refractivity contribution in [2.45, 2.75) is 19.8 Å². The van der Waals surface area contributed by atoms with Gasteiger partial charge in [0.25, 0.3) is 5.91 Å². The smallest absolute Gasteiger partial charge is 0.294 e. The van der Waals surface area contributed by atoms with Crippen molar-refractivity contribution >= 4 is 17.4 Å². The molecule has 2 heterocycles. The molecule has 8 heteroatoms. The maximum atomic E-state index is 12.8. The number of anilines is 2. The Balaban J connectivity index is 1.47. The molecule has 0 saturated carbocycles. The van der Waals surface area contributed by atoms with Crippen molar-refractivity contribution in [3.63, 3.8) is 0 Å². The Labute approximate surface area is 205 Å². The number of carbonyl (C=O) groups is 1.